The zero-order valence-corrected chi connectivity index (χ0v) is 32.8. The van der Waals surface area contributed by atoms with E-state index in [0.717, 1.165) is 22.7 Å². The van der Waals surface area contributed by atoms with Crippen molar-refractivity contribution in [2.24, 2.45) is 0 Å². The molecule has 278 valence electrons. The lowest BCUT2D eigenvalue weighted by Gasteiger charge is -2.25. The van der Waals surface area contributed by atoms with E-state index in [2.05, 4.69) is 241 Å². The average Bonchev–Trinajstić information content (AvgIpc) is 3.63. The van der Waals surface area contributed by atoms with E-state index < -0.39 is 0 Å². The Morgan fingerprint density at radius 3 is 1.32 bits per heavy atom. The van der Waals surface area contributed by atoms with Crippen molar-refractivity contribution >= 4 is 60.4 Å². The number of hydrogen-bond donors (Lipinski definition) is 0. The second-order valence-electron chi connectivity index (χ2n) is 15.4. The third kappa shape index (κ3) is 5.97. The quantitative estimate of drug-likeness (QED) is 0.147. The summed E-state index contributed by atoms with van der Waals surface area (Å²) >= 11 is 0. The fourth-order valence-electron chi connectivity index (χ4n) is 9.08. The van der Waals surface area contributed by atoms with Crippen LogP contribution in [-0.2, 0) is 0 Å². The normalized spacial score (nSPS) is 11.5. The van der Waals surface area contributed by atoms with Gasteiger partial charge in [0.2, 0.25) is 0 Å². The molecule has 0 N–H and O–H groups in total. The molecule has 59 heavy (non-hydrogen) atoms. The summed E-state index contributed by atoms with van der Waals surface area (Å²) < 4.78 is 2.41. The van der Waals surface area contributed by atoms with Crippen molar-refractivity contribution in [3.8, 4) is 39.1 Å². The Morgan fingerprint density at radius 1 is 0.305 bits per heavy atom. The van der Waals surface area contributed by atoms with Crippen LogP contribution in [0.25, 0.3) is 82.4 Å². The first-order valence-electron chi connectivity index (χ1n) is 20.3. The van der Waals surface area contributed by atoms with E-state index in [-0.39, 0.29) is 0 Å². The SMILES string of the molecule is Cc1ccc(N(c2ccccc2)c2ccc3c(c2)c2ccccc2n3-c2ccc(-c3c4ccccc4c(-c4ccc(-c5ccccc5)cc4)c4ccccc34)cc2)cc1. The highest BCUT2D eigenvalue weighted by molar-refractivity contribution is 6.21. The van der Waals surface area contributed by atoms with Crippen LogP contribution in [0.3, 0.4) is 0 Å². The molecule has 0 bridgehead atoms. The predicted molar refractivity (Wildman–Crippen MR) is 252 cm³/mol. The van der Waals surface area contributed by atoms with E-state index >= 15 is 0 Å². The Hall–Kier alpha value is -7.68. The first-order valence-corrected chi connectivity index (χ1v) is 20.3. The molecule has 0 fully saturated rings. The standard InChI is InChI=1S/C57H40N2/c1-39-24-32-45(33-25-39)58(44-16-6-3-7-17-44)47-36-37-55-53(38-47)48-18-12-13-23-54(48)59(55)46-34-30-43(31-35-46)57-51-21-10-8-19-49(51)56(50-20-9-11-22-52(50)57)42-28-26-41(27-29-42)40-14-4-2-5-15-40/h2-38H,1H3. The van der Waals surface area contributed by atoms with Crippen LogP contribution >= 0.6 is 0 Å². The maximum atomic E-state index is 2.41. The fraction of sp³-hybridized carbons (Fsp3) is 0.0175. The summed E-state index contributed by atoms with van der Waals surface area (Å²) in [5.74, 6) is 0. The Balaban J connectivity index is 1.03. The van der Waals surface area contributed by atoms with Gasteiger partial charge in [-0.2, -0.15) is 0 Å². The van der Waals surface area contributed by atoms with Crippen LogP contribution in [0.5, 0.6) is 0 Å². The molecule has 0 aliphatic carbocycles. The van der Waals surface area contributed by atoms with E-state index in [4.69, 9.17) is 0 Å². The fourth-order valence-corrected chi connectivity index (χ4v) is 9.08. The van der Waals surface area contributed by atoms with E-state index in [1.54, 1.807) is 0 Å². The van der Waals surface area contributed by atoms with Gasteiger partial charge in [0.25, 0.3) is 0 Å². The molecule has 11 rings (SSSR count). The van der Waals surface area contributed by atoms with Gasteiger partial charge >= 0.3 is 0 Å². The van der Waals surface area contributed by atoms with Gasteiger partial charge in [-0.1, -0.05) is 169 Å². The minimum Gasteiger partial charge on any atom is -0.310 e. The van der Waals surface area contributed by atoms with Gasteiger partial charge in [0.05, 0.1) is 11.0 Å². The largest absolute Gasteiger partial charge is 0.310 e. The topological polar surface area (TPSA) is 8.17 Å². The summed E-state index contributed by atoms with van der Waals surface area (Å²) in [6.45, 7) is 2.14. The van der Waals surface area contributed by atoms with Crippen molar-refractivity contribution in [3.05, 3.63) is 230 Å². The molecule has 1 heterocycles. The lowest BCUT2D eigenvalue weighted by Crippen LogP contribution is -2.09. The maximum Gasteiger partial charge on any atom is 0.0542 e. The minimum absolute atomic E-state index is 1.13. The van der Waals surface area contributed by atoms with Gasteiger partial charge in [0.15, 0.2) is 0 Å². The van der Waals surface area contributed by atoms with Gasteiger partial charge in [0, 0.05) is 33.5 Å². The van der Waals surface area contributed by atoms with Gasteiger partial charge in [-0.3, -0.25) is 0 Å². The van der Waals surface area contributed by atoms with Crippen molar-refractivity contribution in [2.75, 3.05) is 4.90 Å². The summed E-state index contributed by atoms with van der Waals surface area (Å²) in [5, 5.41) is 7.47. The zero-order valence-electron chi connectivity index (χ0n) is 32.8. The molecule has 0 saturated heterocycles. The molecule has 0 unspecified atom stereocenters. The first kappa shape index (κ1) is 34.6. The molecular weight excluding hydrogens is 713 g/mol. The van der Waals surface area contributed by atoms with Gasteiger partial charge in [-0.05, 0) is 123 Å². The molecule has 0 spiro atoms. The molecule has 0 aliphatic heterocycles. The number of hydrogen-bond acceptors (Lipinski definition) is 1. The maximum absolute atomic E-state index is 2.41. The third-order valence-electron chi connectivity index (χ3n) is 11.8. The Bertz CT molecular complexity index is 3230. The van der Waals surface area contributed by atoms with Crippen molar-refractivity contribution in [3.63, 3.8) is 0 Å². The van der Waals surface area contributed by atoms with Crippen LogP contribution in [-0.4, -0.2) is 4.57 Å². The van der Waals surface area contributed by atoms with Gasteiger partial charge in [-0.25, -0.2) is 0 Å². The summed E-state index contributed by atoms with van der Waals surface area (Å²) in [7, 11) is 0. The van der Waals surface area contributed by atoms with Crippen LogP contribution in [0.4, 0.5) is 17.1 Å². The van der Waals surface area contributed by atoms with E-state index in [1.807, 2.05) is 0 Å². The van der Waals surface area contributed by atoms with Crippen LogP contribution in [0.1, 0.15) is 5.56 Å². The number of para-hydroxylation sites is 2. The van der Waals surface area contributed by atoms with Gasteiger partial charge < -0.3 is 9.47 Å². The van der Waals surface area contributed by atoms with E-state index in [1.165, 1.54) is 82.3 Å². The van der Waals surface area contributed by atoms with Crippen LogP contribution < -0.4 is 4.90 Å². The van der Waals surface area contributed by atoms with Crippen molar-refractivity contribution < 1.29 is 0 Å². The molecule has 1 aromatic heterocycles. The minimum atomic E-state index is 1.13. The molecule has 2 nitrogen and oxygen atoms in total. The second-order valence-corrected chi connectivity index (χ2v) is 15.4. The zero-order chi connectivity index (χ0) is 39.3. The highest BCUT2D eigenvalue weighted by Gasteiger charge is 2.19. The van der Waals surface area contributed by atoms with Crippen LogP contribution in [0.2, 0.25) is 0 Å². The van der Waals surface area contributed by atoms with E-state index in [0.29, 0.717) is 0 Å². The molecular formula is C57H40N2. The summed E-state index contributed by atoms with van der Waals surface area (Å²) in [4.78, 5) is 2.35. The van der Waals surface area contributed by atoms with E-state index in [9.17, 15) is 0 Å². The first-order chi connectivity index (χ1) is 29.2. The molecule has 2 heteroatoms. The highest BCUT2D eigenvalue weighted by Crippen LogP contribution is 2.45. The second kappa shape index (κ2) is 14.4. The Labute approximate surface area is 344 Å². The smallest absolute Gasteiger partial charge is 0.0542 e. The van der Waals surface area contributed by atoms with Crippen LogP contribution in [0.15, 0.2) is 224 Å². The molecule has 11 aromatic rings. The number of aryl methyl sites for hydroxylation is 1. The van der Waals surface area contributed by atoms with Crippen LogP contribution in [0, 0.1) is 6.92 Å². The number of anilines is 3. The third-order valence-corrected chi connectivity index (χ3v) is 11.8. The molecule has 10 aromatic carbocycles. The van der Waals surface area contributed by atoms with Crippen molar-refractivity contribution in [1.29, 1.82) is 0 Å². The lowest BCUT2D eigenvalue weighted by atomic mass is 9.85. The Kier molecular flexibility index (Phi) is 8.41. The lowest BCUT2D eigenvalue weighted by molar-refractivity contribution is 1.18. The number of nitrogens with zero attached hydrogens (tertiary/aromatic N) is 2. The van der Waals surface area contributed by atoms with Crippen molar-refractivity contribution in [2.45, 2.75) is 6.92 Å². The van der Waals surface area contributed by atoms with Gasteiger partial charge in [-0.15, -0.1) is 0 Å². The Morgan fingerprint density at radius 2 is 0.729 bits per heavy atom. The molecule has 0 radical (unpaired) electrons. The number of benzene rings is 10. The molecule has 0 saturated carbocycles. The number of aromatic nitrogens is 1. The predicted octanol–water partition coefficient (Wildman–Crippen LogP) is 15.9. The summed E-state index contributed by atoms with van der Waals surface area (Å²) in [6, 6.07) is 81.8. The number of fused-ring (bicyclic) bond motifs is 5. The monoisotopic (exact) mass is 752 g/mol. The molecule has 0 aliphatic rings. The van der Waals surface area contributed by atoms with Gasteiger partial charge in [0.1, 0.15) is 0 Å². The highest BCUT2D eigenvalue weighted by atomic mass is 15.1. The van der Waals surface area contributed by atoms with Crippen molar-refractivity contribution in [1.82, 2.24) is 4.57 Å². The molecule has 0 amide bonds. The number of rotatable bonds is 7. The molecule has 0 atom stereocenters. The average molecular weight is 753 g/mol. The summed E-state index contributed by atoms with van der Waals surface area (Å²) in [5.41, 5.74) is 15.5. The summed E-state index contributed by atoms with van der Waals surface area (Å²) in [6.07, 6.45) is 0.